The molecule has 0 saturated heterocycles. The van der Waals surface area contributed by atoms with E-state index < -0.39 is 0 Å². The average molecular weight is 176 g/mol. The zero-order valence-electron chi connectivity index (χ0n) is 7.66. The van der Waals surface area contributed by atoms with Crippen LogP contribution in [0.5, 0.6) is 0 Å². The third kappa shape index (κ3) is 16.0. The number of hydrogen-bond donors (Lipinski definition) is 2. The van der Waals surface area contributed by atoms with Crippen LogP contribution >= 0.6 is 0 Å². The van der Waals surface area contributed by atoms with E-state index in [0.29, 0.717) is 6.54 Å². The predicted octanol–water partition coefficient (Wildman–Crippen LogP) is -0.741. The maximum absolute atomic E-state index is 10.3. The first kappa shape index (κ1) is 13.5. The summed E-state index contributed by atoms with van der Waals surface area (Å²) in [6, 6.07) is 0. The normalized spacial score (nSPS) is 10.6. The van der Waals surface area contributed by atoms with Gasteiger partial charge < -0.3 is 15.8 Å². The van der Waals surface area contributed by atoms with Crippen LogP contribution in [0, 0.1) is 0 Å². The van der Waals surface area contributed by atoms with E-state index in [0.717, 1.165) is 0 Å². The summed E-state index contributed by atoms with van der Waals surface area (Å²) in [5, 5.41) is 2.63. The minimum absolute atomic E-state index is 0.0149. The van der Waals surface area contributed by atoms with E-state index in [2.05, 4.69) is 11.1 Å². The molecule has 3 N–H and O–H groups in total. The first-order valence-electron chi connectivity index (χ1n) is 3.51. The first-order chi connectivity index (χ1) is 5.58. The molecule has 12 heavy (non-hydrogen) atoms. The molecule has 0 aromatic rings. The lowest BCUT2D eigenvalue weighted by molar-refractivity contribution is -0.119. The molecule has 0 fully saturated rings. The van der Waals surface area contributed by atoms with Gasteiger partial charge in [0.25, 0.3) is 0 Å². The van der Waals surface area contributed by atoms with Crippen molar-refractivity contribution < 1.29 is 14.3 Å². The van der Waals surface area contributed by atoms with Crippen LogP contribution in [0.4, 0.5) is 0 Å². The lowest BCUT2D eigenvalue weighted by Crippen LogP contribution is -2.29. The highest BCUT2D eigenvalue weighted by atomic mass is 16.5. The Hall–Kier alpha value is -1.10. The second kappa shape index (κ2) is 9.90. The summed E-state index contributed by atoms with van der Waals surface area (Å²) < 4.78 is 4.89. The van der Waals surface area contributed by atoms with Gasteiger partial charge in [-0.2, -0.15) is 0 Å². The Balaban J connectivity index is 0. The van der Waals surface area contributed by atoms with Gasteiger partial charge in [0.15, 0.2) is 0 Å². The molecule has 0 radical (unpaired) electrons. The van der Waals surface area contributed by atoms with Gasteiger partial charge in [0, 0.05) is 20.6 Å². The van der Waals surface area contributed by atoms with Crippen molar-refractivity contribution >= 4 is 12.3 Å². The van der Waals surface area contributed by atoms with Crippen LogP contribution in [-0.4, -0.2) is 32.1 Å². The molecule has 0 bridgehead atoms. The van der Waals surface area contributed by atoms with Crippen LogP contribution in [-0.2, 0) is 14.3 Å². The fraction of sp³-hybridized carbons (Fsp3) is 0.714. The number of methoxy groups -OCH3 is 1. The van der Waals surface area contributed by atoms with Gasteiger partial charge in [0.2, 0.25) is 12.3 Å². The molecular formula is C7H16N2O3. The van der Waals surface area contributed by atoms with E-state index >= 15 is 0 Å². The molecule has 0 spiro atoms. The summed E-state index contributed by atoms with van der Waals surface area (Å²) in [6.07, 6.45) is 0.355. The van der Waals surface area contributed by atoms with Crippen molar-refractivity contribution in [3.05, 3.63) is 0 Å². The monoisotopic (exact) mass is 176 g/mol. The van der Waals surface area contributed by atoms with Crippen molar-refractivity contribution in [3.63, 3.8) is 0 Å². The number of nitrogens with one attached hydrogen (secondary N) is 1. The summed E-state index contributed by atoms with van der Waals surface area (Å²) in [4.78, 5) is 18.9. The molecule has 5 heteroatoms. The number of nitrogens with two attached hydrogens (primary N) is 1. The third-order valence-electron chi connectivity index (χ3n) is 1.04. The number of amides is 2. The fourth-order valence-electron chi connectivity index (χ4n) is 0.371. The van der Waals surface area contributed by atoms with Crippen molar-refractivity contribution in [1.29, 1.82) is 0 Å². The van der Waals surface area contributed by atoms with Gasteiger partial charge in [-0.1, -0.05) is 0 Å². The van der Waals surface area contributed by atoms with E-state index in [-0.39, 0.29) is 18.4 Å². The molecular weight excluding hydrogens is 160 g/mol. The smallest absolute Gasteiger partial charge is 0.216 e. The summed E-state index contributed by atoms with van der Waals surface area (Å²) in [5.74, 6) is -0.0149. The fourth-order valence-corrected chi connectivity index (χ4v) is 0.371. The van der Waals surface area contributed by atoms with Gasteiger partial charge >= 0.3 is 0 Å². The summed E-state index contributed by atoms with van der Waals surface area (Å²) in [5.41, 5.74) is 4.17. The molecule has 72 valence electrons. The van der Waals surface area contributed by atoms with E-state index in [4.69, 9.17) is 9.53 Å². The molecule has 0 rings (SSSR count). The summed E-state index contributed by atoms with van der Waals surface area (Å²) in [7, 11) is 1.62. The number of ether oxygens (including phenoxy) is 1. The van der Waals surface area contributed by atoms with Gasteiger partial charge in [0.1, 0.15) is 0 Å². The Morgan fingerprint density at radius 1 is 1.75 bits per heavy atom. The second-order valence-corrected chi connectivity index (χ2v) is 2.12. The molecule has 1 atom stereocenters. The predicted molar refractivity (Wildman–Crippen MR) is 45.4 cm³/mol. The number of carbonyl (C=O) groups is 2. The minimum atomic E-state index is -0.0149. The lowest BCUT2D eigenvalue weighted by Gasteiger charge is -2.08. The summed E-state index contributed by atoms with van der Waals surface area (Å²) in [6.45, 7) is 3.98. The minimum Gasteiger partial charge on any atom is -0.380 e. The topological polar surface area (TPSA) is 81.4 Å². The van der Waals surface area contributed by atoms with E-state index in [1.165, 1.54) is 6.92 Å². The highest BCUT2D eigenvalue weighted by Crippen LogP contribution is 1.82. The number of primary amides is 1. The SMILES string of the molecule is COC(C)CNC(C)=O.NC=O. The molecule has 0 saturated carbocycles. The van der Waals surface area contributed by atoms with Gasteiger partial charge in [-0.3, -0.25) is 9.59 Å². The highest BCUT2D eigenvalue weighted by Gasteiger charge is 1.97. The van der Waals surface area contributed by atoms with Crippen LogP contribution in [0.2, 0.25) is 0 Å². The molecule has 0 aromatic carbocycles. The zero-order chi connectivity index (χ0) is 9.98. The Kier molecular flexibility index (Phi) is 11.1. The number of hydrogen-bond acceptors (Lipinski definition) is 3. The maximum atomic E-state index is 10.3. The molecule has 2 amide bonds. The third-order valence-corrected chi connectivity index (χ3v) is 1.04. The van der Waals surface area contributed by atoms with Gasteiger partial charge in [-0.15, -0.1) is 0 Å². The number of rotatable bonds is 3. The quantitative estimate of drug-likeness (QED) is 0.556. The Labute approximate surface area is 72.3 Å². The molecule has 0 aliphatic rings. The van der Waals surface area contributed by atoms with E-state index in [1.807, 2.05) is 6.92 Å². The average Bonchev–Trinajstić information content (AvgIpc) is 2.01. The highest BCUT2D eigenvalue weighted by molar-refractivity contribution is 5.72. The van der Waals surface area contributed by atoms with Gasteiger partial charge in [-0.25, -0.2) is 0 Å². The van der Waals surface area contributed by atoms with Crippen LogP contribution in [0.25, 0.3) is 0 Å². The maximum Gasteiger partial charge on any atom is 0.216 e. The van der Waals surface area contributed by atoms with Crippen molar-refractivity contribution in [2.45, 2.75) is 20.0 Å². The standard InChI is InChI=1S/C6H13NO2.CH3NO/c1-5(9-3)4-7-6(2)8;2-1-3/h5H,4H2,1-3H3,(H,7,8);1H,(H2,2,3). The van der Waals surface area contributed by atoms with Crippen molar-refractivity contribution in [2.24, 2.45) is 5.73 Å². The first-order valence-corrected chi connectivity index (χ1v) is 3.51. The van der Waals surface area contributed by atoms with Crippen LogP contribution < -0.4 is 11.1 Å². The van der Waals surface area contributed by atoms with Gasteiger partial charge in [-0.05, 0) is 6.92 Å². The molecule has 0 aliphatic carbocycles. The summed E-state index contributed by atoms with van der Waals surface area (Å²) >= 11 is 0. The Morgan fingerprint density at radius 2 is 2.17 bits per heavy atom. The Bertz CT molecular complexity index is 128. The zero-order valence-corrected chi connectivity index (χ0v) is 7.66. The van der Waals surface area contributed by atoms with Crippen LogP contribution in [0.15, 0.2) is 0 Å². The lowest BCUT2D eigenvalue weighted by atomic mass is 10.4. The second-order valence-electron chi connectivity index (χ2n) is 2.12. The van der Waals surface area contributed by atoms with Crippen LogP contribution in [0.1, 0.15) is 13.8 Å². The van der Waals surface area contributed by atoms with Crippen molar-refractivity contribution in [2.75, 3.05) is 13.7 Å². The molecule has 0 aliphatic heterocycles. The number of carbonyl (C=O) groups excluding carboxylic acids is 2. The van der Waals surface area contributed by atoms with Gasteiger partial charge in [0.05, 0.1) is 6.10 Å². The van der Waals surface area contributed by atoms with Crippen molar-refractivity contribution in [3.8, 4) is 0 Å². The van der Waals surface area contributed by atoms with E-state index in [9.17, 15) is 4.79 Å². The van der Waals surface area contributed by atoms with E-state index in [1.54, 1.807) is 7.11 Å². The van der Waals surface area contributed by atoms with Crippen LogP contribution in [0.3, 0.4) is 0 Å². The molecule has 0 aromatic heterocycles. The molecule has 0 heterocycles. The molecule has 1 unspecified atom stereocenters. The van der Waals surface area contributed by atoms with Crippen molar-refractivity contribution in [1.82, 2.24) is 5.32 Å². The molecule has 5 nitrogen and oxygen atoms in total. The Morgan fingerprint density at radius 3 is 2.42 bits per heavy atom. The largest absolute Gasteiger partial charge is 0.380 e.